The Hall–Kier alpha value is -2.61. The van der Waals surface area contributed by atoms with Gasteiger partial charge in [-0.1, -0.05) is 67.1 Å². The fraction of sp³-hybridized carbons (Fsp3) is 0.240. The molecule has 0 unspecified atom stereocenters. The van der Waals surface area contributed by atoms with Crippen molar-refractivity contribution >= 4 is 51.9 Å². The summed E-state index contributed by atoms with van der Waals surface area (Å²) in [7, 11) is 0. The van der Waals surface area contributed by atoms with Crippen molar-refractivity contribution in [2.24, 2.45) is 0 Å². The number of thioether (sulfide) groups is 1. The van der Waals surface area contributed by atoms with Gasteiger partial charge >= 0.3 is 0 Å². The number of benzene rings is 2. The Kier molecular flexibility index (Phi) is 7.53. The minimum atomic E-state index is -0.0541. The molecule has 0 radical (unpaired) electrons. The van der Waals surface area contributed by atoms with Gasteiger partial charge in [0.25, 0.3) is 5.91 Å². The van der Waals surface area contributed by atoms with Crippen LogP contribution in [0.4, 0.5) is 0 Å². The molecule has 1 saturated heterocycles. The van der Waals surface area contributed by atoms with Gasteiger partial charge in [0.05, 0.1) is 22.2 Å². The first-order valence-corrected chi connectivity index (χ1v) is 12.4. The summed E-state index contributed by atoms with van der Waals surface area (Å²) in [6, 6.07) is 15.5. The Labute approximate surface area is 208 Å². The van der Waals surface area contributed by atoms with E-state index in [9.17, 15) is 4.79 Å². The van der Waals surface area contributed by atoms with Crippen LogP contribution in [-0.2, 0) is 4.79 Å². The van der Waals surface area contributed by atoms with Crippen LogP contribution in [0, 0.1) is 0 Å². The van der Waals surface area contributed by atoms with Crippen LogP contribution < -0.4 is 4.74 Å². The van der Waals surface area contributed by atoms with Crippen LogP contribution in [0.15, 0.2) is 59.6 Å². The highest BCUT2D eigenvalue weighted by atomic mass is 35.5. The molecule has 0 atom stereocenters. The van der Waals surface area contributed by atoms with Crippen molar-refractivity contribution < 1.29 is 9.53 Å². The molecule has 0 bridgehead atoms. The van der Waals surface area contributed by atoms with Gasteiger partial charge in [-0.3, -0.25) is 9.69 Å². The third-order valence-electron chi connectivity index (χ3n) is 5.16. The number of para-hydroxylation sites is 1. The van der Waals surface area contributed by atoms with E-state index in [2.05, 4.69) is 6.92 Å². The SMILES string of the molecule is CCCCN1C(=O)C(=Cc2cn(-c3ccccc3)nc2-c2ccc(OCC)c(Cl)c2)SC1=S. The normalized spacial score (nSPS) is 15.0. The number of ether oxygens (including phenoxy) is 1. The number of hydrogen-bond acceptors (Lipinski definition) is 5. The van der Waals surface area contributed by atoms with Crippen LogP contribution in [0.1, 0.15) is 32.3 Å². The maximum atomic E-state index is 13.0. The predicted octanol–water partition coefficient (Wildman–Crippen LogP) is 6.59. The van der Waals surface area contributed by atoms with E-state index in [1.165, 1.54) is 11.8 Å². The summed E-state index contributed by atoms with van der Waals surface area (Å²) in [6.45, 7) is 5.19. The lowest BCUT2D eigenvalue weighted by atomic mass is 10.1. The summed E-state index contributed by atoms with van der Waals surface area (Å²) in [5.74, 6) is 0.574. The van der Waals surface area contributed by atoms with Crippen molar-refractivity contribution in [2.45, 2.75) is 26.7 Å². The van der Waals surface area contributed by atoms with Crippen LogP contribution in [-0.4, -0.2) is 38.1 Å². The van der Waals surface area contributed by atoms with Crippen molar-refractivity contribution in [3.8, 4) is 22.7 Å². The van der Waals surface area contributed by atoms with Gasteiger partial charge in [0.15, 0.2) is 0 Å². The maximum absolute atomic E-state index is 13.0. The van der Waals surface area contributed by atoms with Crippen LogP contribution in [0.5, 0.6) is 5.75 Å². The van der Waals surface area contributed by atoms with Gasteiger partial charge in [-0.15, -0.1) is 0 Å². The van der Waals surface area contributed by atoms with E-state index in [1.807, 2.05) is 72.4 Å². The molecule has 1 fully saturated rings. The number of carbonyl (C=O) groups is 1. The monoisotopic (exact) mass is 497 g/mol. The minimum Gasteiger partial charge on any atom is -0.492 e. The van der Waals surface area contributed by atoms with E-state index >= 15 is 0 Å². The van der Waals surface area contributed by atoms with E-state index in [4.69, 9.17) is 33.7 Å². The number of amides is 1. The van der Waals surface area contributed by atoms with Gasteiger partial charge in [-0.2, -0.15) is 5.10 Å². The summed E-state index contributed by atoms with van der Waals surface area (Å²) >= 11 is 13.3. The number of rotatable bonds is 8. The Morgan fingerprint density at radius 3 is 2.67 bits per heavy atom. The lowest BCUT2D eigenvalue weighted by molar-refractivity contribution is -0.122. The Morgan fingerprint density at radius 2 is 1.97 bits per heavy atom. The highest BCUT2D eigenvalue weighted by molar-refractivity contribution is 8.26. The van der Waals surface area contributed by atoms with Crippen molar-refractivity contribution in [1.29, 1.82) is 0 Å². The smallest absolute Gasteiger partial charge is 0.266 e. The van der Waals surface area contributed by atoms with Crippen molar-refractivity contribution in [3.05, 3.63) is 70.2 Å². The third kappa shape index (κ3) is 5.16. The van der Waals surface area contributed by atoms with Crippen LogP contribution in [0.25, 0.3) is 23.0 Å². The number of halogens is 1. The van der Waals surface area contributed by atoms with Crippen molar-refractivity contribution in [1.82, 2.24) is 14.7 Å². The van der Waals surface area contributed by atoms with Gasteiger partial charge in [-0.25, -0.2) is 4.68 Å². The number of aromatic nitrogens is 2. The zero-order valence-corrected chi connectivity index (χ0v) is 20.8. The Bertz CT molecular complexity index is 1210. The molecule has 1 amide bonds. The molecular formula is C25H24ClN3O2S2. The molecule has 1 aliphatic heterocycles. The molecule has 2 aromatic carbocycles. The first kappa shape index (κ1) is 23.5. The second kappa shape index (κ2) is 10.5. The number of thiocarbonyl (C=S) groups is 1. The standard InChI is InChI=1S/C25H24ClN3O2S2/c1-3-5-13-28-24(30)22(33-25(28)32)15-18-16-29(19-9-7-6-8-10-19)27-23(18)17-11-12-21(31-4-2)20(26)14-17/h6-12,14-16H,3-5,13H2,1-2H3. The molecule has 2 heterocycles. The Balaban J connectivity index is 1.77. The van der Waals surface area contributed by atoms with Crippen molar-refractivity contribution in [3.63, 3.8) is 0 Å². The first-order chi connectivity index (χ1) is 16.0. The van der Waals surface area contributed by atoms with Crippen LogP contribution in [0.3, 0.4) is 0 Å². The molecule has 3 aromatic rings. The average Bonchev–Trinajstić information content (AvgIpc) is 3.35. The third-order valence-corrected chi connectivity index (χ3v) is 6.84. The van der Waals surface area contributed by atoms with E-state index in [-0.39, 0.29) is 5.91 Å². The molecule has 4 rings (SSSR count). The van der Waals surface area contributed by atoms with Gasteiger partial charge in [0.1, 0.15) is 15.8 Å². The van der Waals surface area contributed by atoms with E-state index < -0.39 is 0 Å². The van der Waals surface area contributed by atoms with E-state index in [1.54, 1.807) is 4.90 Å². The molecule has 1 aliphatic rings. The topological polar surface area (TPSA) is 47.4 Å². The molecular weight excluding hydrogens is 474 g/mol. The summed E-state index contributed by atoms with van der Waals surface area (Å²) in [5.41, 5.74) is 3.30. The molecule has 0 saturated carbocycles. The van der Waals surface area contributed by atoms with Gasteiger partial charge in [0.2, 0.25) is 0 Å². The fourth-order valence-corrected chi connectivity index (χ4v) is 5.04. The lowest BCUT2D eigenvalue weighted by Crippen LogP contribution is -2.28. The second-order valence-corrected chi connectivity index (χ2v) is 9.56. The minimum absolute atomic E-state index is 0.0541. The molecule has 33 heavy (non-hydrogen) atoms. The highest BCUT2D eigenvalue weighted by Gasteiger charge is 2.32. The van der Waals surface area contributed by atoms with Gasteiger partial charge in [-0.05, 0) is 49.8 Å². The van der Waals surface area contributed by atoms with Crippen molar-refractivity contribution in [2.75, 3.05) is 13.2 Å². The number of hydrogen-bond donors (Lipinski definition) is 0. The lowest BCUT2D eigenvalue weighted by Gasteiger charge is -2.13. The molecule has 5 nitrogen and oxygen atoms in total. The van der Waals surface area contributed by atoms with E-state index in [0.29, 0.717) is 33.1 Å². The molecule has 0 spiro atoms. The quantitative estimate of drug-likeness (QED) is 0.259. The average molecular weight is 498 g/mol. The summed E-state index contributed by atoms with van der Waals surface area (Å²) in [4.78, 5) is 15.3. The number of nitrogens with zero attached hydrogens (tertiary/aromatic N) is 3. The number of unbranched alkanes of at least 4 members (excludes halogenated alkanes) is 1. The van der Waals surface area contributed by atoms with Gasteiger partial charge in [0, 0.05) is 23.9 Å². The zero-order chi connectivity index (χ0) is 23.4. The molecule has 170 valence electrons. The fourth-order valence-electron chi connectivity index (χ4n) is 3.50. The Morgan fingerprint density at radius 1 is 1.18 bits per heavy atom. The predicted molar refractivity (Wildman–Crippen MR) is 140 cm³/mol. The largest absolute Gasteiger partial charge is 0.492 e. The molecule has 8 heteroatoms. The van der Waals surface area contributed by atoms with Crippen LogP contribution in [0.2, 0.25) is 5.02 Å². The van der Waals surface area contributed by atoms with Crippen LogP contribution >= 0.6 is 35.6 Å². The summed E-state index contributed by atoms with van der Waals surface area (Å²) in [6.07, 6.45) is 5.72. The summed E-state index contributed by atoms with van der Waals surface area (Å²) < 4.78 is 7.98. The molecule has 1 aromatic heterocycles. The molecule has 0 N–H and O–H groups in total. The van der Waals surface area contributed by atoms with E-state index in [0.717, 1.165) is 35.3 Å². The number of carbonyl (C=O) groups excluding carboxylic acids is 1. The summed E-state index contributed by atoms with van der Waals surface area (Å²) in [5, 5.41) is 5.34. The second-order valence-electron chi connectivity index (χ2n) is 7.48. The molecule has 0 aliphatic carbocycles. The highest BCUT2D eigenvalue weighted by Crippen LogP contribution is 2.36. The maximum Gasteiger partial charge on any atom is 0.266 e. The first-order valence-electron chi connectivity index (χ1n) is 10.8. The van der Waals surface area contributed by atoms with Gasteiger partial charge < -0.3 is 4.74 Å². The zero-order valence-electron chi connectivity index (χ0n) is 18.5.